The molecule has 0 radical (unpaired) electrons. The van der Waals surface area contributed by atoms with Crippen LogP contribution in [0.2, 0.25) is 0 Å². The molecule has 0 nitrogen and oxygen atoms in total. The van der Waals surface area contributed by atoms with Crippen molar-refractivity contribution in [3.63, 3.8) is 0 Å². The molecule has 0 N–H and O–H groups in total. The Labute approximate surface area is 181 Å². The van der Waals surface area contributed by atoms with Crippen LogP contribution in [0.25, 0.3) is 11.1 Å². The smallest absolute Gasteiger partial charge is 0.00318 e. The largest absolute Gasteiger partial charge is 0.0622 e. The summed E-state index contributed by atoms with van der Waals surface area (Å²) in [7, 11) is 0. The topological polar surface area (TPSA) is 0 Å². The molecule has 0 saturated carbocycles. The first-order chi connectivity index (χ1) is 14.6. The van der Waals surface area contributed by atoms with E-state index >= 15 is 0 Å². The molecule has 4 rings (SSSR count). The van der Waals surface area contributed by atoms with Gasteiger partial charge in [-0.25, -0.2) is 0 Å². The quantitative estimate of drug-likeness (QED) is 0.302. The highest BCUT2D eigenvalue weighted by atomic mass is 14.3. The second-order valence-corrected chi connectivity index (χ2v) is 8.65. The lowest BCUT2D eigenvalue weighted by Gasteiger charge is -2.31. The third kappa shape index (κ3) is 4.89. The summed E-state index contributed by atoms with van der Waals surface area (Å²) in [6, 6.07) is 39.7. The van der Waals surface area contributed by atoms with Gasteiger partial charge < -0.3 is 0 Å². The Hall–Kier alpha value is -3.12. The second kappa shape index (κ2) is 9.13. The molecule has 0 aromatic heterocycles. The highest BCUT2D eigenvalue weighted by Crippen LogP contribution is 2.34. The molecular weight excluding hydrogens is 360 g/mol. The maximum absolute atomic E-state index is 2.42. The van der Waals surface area contributed by atoms with E-state index in [0.717, 1.165) is 19.3 Å². The summed E-state index contributed by atoms with van der Waals surface area (Å²) >= 11 is 0. The zero-order valence-corrected chi connectivity index (χ0v) is 18.0. The fourth-order valence-electron chi connectivity index (χ4n) is 4.25. The average molecular weight is 391 g/mol. The molecule has 4 aromatic carbocycles. The predicted octanol–water partition coefficient (Wildman–Crippen LogP) is 7.80. The highest BCUT2D eigenvalue weighted by Gasteiger charge is 2.27. The fraction of sp³-hybridized carbons (Fsp3) is 0.200. The van der Waals surface area contributed by atoms with Crippen LogP contribution in [-0.2, 0) is 18.3 Å². The summed E-state index contributed by atoms with van der Waals surface area (Å²) < 4.78 is 0. The van der Waals surface area contributed by atoms with Crippen LogP contribution in [0.3, 0.4) is 0 Å². The lowest BCUT2D eigenvalue weighted by molar-refractivity contribution is 0.431. The Kier molecular flexibility index (Phi) is 6.14. The Balaban J connectivity index is 1.58. The van der Waals surface area contributed by atoms with Crippen molar-refractivity contribution < 1.29 is 0 Å². The second-order valence-electron chi connectivity index (χ2n) is 8.65. The number of hydrogen-bond acceptors (Lipinski definition) is 0. The van der Waals surface area contributed by atoms with Crippen LogP contribution in [-0.4, -0.2) is 0 Å². The minimum atomic E-state index is 0.0950. The van der Waals surface area contributed by atoms with E-state index in [1.54, 1.807) is 0 Å². The zero-order chi connectivity index (χ0) is 20.8. The summed E-state index contributed by atoms with van der Waals surface area (Å²) in [6.45, 7) is 4.58. The van der Waals surface area contributed by atoms with E-state index in [4.69, 9.17) is 0 Å². The van der Waals surface area contributed by atoms with E-state index in [9.17, 15) is 0 Å². The van der Waals surface area contributed by atoms with Crippen molar-refractivity contribution in [3.8, 4) is 11.1 Å². The molecule has 0 aliphatic heterocycles. The minimum absolute atomic E-state index is 0.0950. The van der Waals surface area contributed by atoms with Gasteiger partial charge in [-0.15, -0.1) is 0 Å². The lowest BCUT2D eigenvalue weighted by Crippen LogP contribution is -2.26. The molecule has 0 bridgehead atoms. The van der Waals surface area contributed by atoms with E-state index < -0.39 is 0 Å². The molecule has 0 heterocycles. The van der Waals surface area contributed by atoms with Gasteiger partial charge in [-0.1, -0.05) is 122 Å². The first kappa shape index (κ1) is 20.2. The van der Waals surface area contributed by atoms with E-state index in [1.807, 2.05) is 0 Å². The van der Waals surface area contributed by atoms with Crippen molar-refractivity contribution >= 4 is 0 Å². The monoisotopic (exact) mass is 390 g/mol. The van der Waals surface area contributed by atoms with E-state index in [1.165, 1.54) is 33.4 Å². The van der Waals surface area contributed by atoms with Crippen LogP contribution in [0, 0.1) is 6.92 Å². The molecule has 0 aliphatic carbocycles. The van der Waals surface area contributed by atoms with Crippen LogP contribution in [0.5, 0.6) is 0 Å². The fourth-order valence-corrected chi connectivity index (χ4v) is 4.25. The van der Waals surface area contributed by atoms with E-state index in [2.05, 4.69) is 123 Å². The molecule has 30 heavy (non-hydrogen) atoms. The third-order valence-electron chi connectivity index (χ3n) is 6.21. The van der Waals surface area contributed by atoms with Gasteiger partial charge in [0.05, 0.1) is 0 Å². The van der Waals surface area contributed by atoms with Crippen molar-refractivity contribution in [2.24, 2.45) is 0 Å². The average Bonchev–Trinajstić information content (AvgIpc) is 2.80. The molecule has 0 amide bonds. The van der Waals surface area contributed by atoms with Gasteiger partial charge in [-0.05, 0) is 59.4 Å². The Morgan fingerprint density at radius 3 is 1.77 bits per heavy atom. The third-order valence-corrected chi connectivity index (χ3v) is 6.21. The lowest BCUT2D eigenvalue weighted by atomic mass is 9.73. The molecule has 0 spiro atoms. The molecule has 0 heteroatoms. The predicted molar refractivity (Wildman–Crippen MR) is 129 cm³/mol. The number of hydrogen-bond donors (Lipinski definition) is 0. The summed E-state index contributed by atoms with van der Waals surface area (Å²) in [5.41, 5.74) is 8.20. The summed E-state index contributed by atoms with van der Waals surface area (Å²) in [5, 5.41) is 0. The van der Waals surface area contributed by atoms with Gasteiger partial charge in [0.25, 0.3) is 0 Å². The number of benzene rings is 4. The van der Waals surface area contributed by atoms with E-state index in [-0.39, 0.29) is 5.41 Å². The summed E-state index contributed by atoms with van der Waals surface area (Å²) in [4.78, 5) is 0. The zero-order valence-electron chi connectivity index (χ0n) is 18.0. The van der Waals surface area contributed by atoms with Gasteiger partial charge in [0, 0.05) is 0 Å². The molecule has 0 aliphatic rings. The van der Waals surface area contributed by atoms with Gasteiger partial charge in [-0.2, -0.15) is 0 Å². The number of aryl methyl sites for hydroxylation is 2. The number of rotatable bonds is 7. The van der Waals surface area contributed by atoms with E-state index in [0.29, 0.717) is 0 Å². The van der Waals surface area contributed by atoms with Crippen LogP contribution in [0.1, 0.15) is 35.6 Å². The van der Waals surface area contributed by atoms with Crippen molar-refractivity contribution in [1.29, 1.82) is 0 Å². The normalized spacial score (nSPS) is 13.0. The van der Waals surface area contributed by atoms with Crippen LogP contribution >= 0.6 is 0 Å². The molecule has 4 aromatic rings. The Morgan fingerprint density at radius 1 is 0.567 bits per heavy atom. The van der Waals surface area contributed by atoms with Crippen LogP contribution in [0.15, 0.2) is 109 Å². The van der Waals surface area contributed by atoms with Gasteiger partial charge in [0.2, 0.25) is 0 Å². The molecule has 1 unspecified atom stereocenters. The first-order valence-electron chi connectivity index (χ1n) is 10.9. The highest BCUT2D eigenvalue weighted by molar-refractivity contribution is 5.63. The summed E-state index contributed by atoms with van der Waals surface area (Å²) in [6.07, 6.45) is 3.26. The first-order valence-corrected chi connectivity index (χ1v) is 10.9. The standard InChI is InChI=1S/C30H30/c1-24-13-19-29(20-14-24)30(2,22-21-25-9-5-3-6-10-25)23-26-15-17-28(18-16-26)27-11-7-4-8-12-27/h3-20H,21-23H2,1-2H3. The van der Waals surface area contributed by atoms with Gasteiger partial charge in [0.1, 0.15) is 0 Å². The SMILES string of the molecule is Cc1ccc(C(C)(CCc2ccccc2)Cc2ccc(-c3ccccc3)cc2)cc1. The maximum Gasteiger partial charge on any atom is -0.00318 e. The molecule has 0 saturated heterocycles. The van der Waals surface area contributed by atoms with Gasteiger partial charge >= 0.3 is 0 Å². The minimum Gasteiger partial charge on any atom is -0.0622 e. The molecule has 1 atom stereocenters. The van der Waals surface area contributed by atoms with Crippen molar-refractivity contribution in [3.05, 3.63) is 131 Å². The van der Waals surface area contributed by atoms with Crippen LogP contribution in [0.4, 0.5) is 0 Å². The Morgan fingerprint density at radius 2 is 1.13 bits per heavy atom. The molecule has 0 fully saturated rings. The molecular formula is C30H30. The van der Waals surface area contributed by atoms with Gasteiger partial charge in [-0.3, -0.25) is 0 Å². The molecule has 150 valence electrons. The van der Waals surface area contributed by atoms with Crippen molar-refractivity contribution in [1.82, 2.24) is 0 Å². The summed E-state index contributed by atoms with van der Waals surface area (Å²) in [5.74, 6) is 0. The Bertz CT molecular complexity index is 1040. The van der Waals surface area contributed by atoms with Crippen LogP contribution < -0.4 is 0 Å². The maximum atomic E-state index is 2.42. The van der Waals surface area contributed by atoms with Crippen molar-refractivity contribution in [2.75, 3.05) is 0 Å². The van der Waals surface area contributed by atoms with Crippen molar-refractivity contribution in [2.45, 2.75) is 38.5 Å². The van der Waals surface area contributed by atoms with Gasteiger partial charge in [0.15, 0.2) is 0 Å².